The van der Waals surface area contributed by atoms with Crippen LogP contribution in [-0.2, 0) is 14.3 Å². The summed E-state index contributed by atoms with van der Waals surface area (Å²) in [6.07, 6.45) is 9.00. The van der Waals surface area contributed by atoms with Crippen LogP contribution in [0.2, 0.25) is 0 Å². The van der Waals surface area contributed by atoms with E-state index in [1.165, 1.54) is 18.6 Å². The fourth-order valence-electron chi connectivity index (χ4n) is 12.8. The first-order valence-corrected chi connectivity index (χ1v) is 21.6. The Balaban J connectivity index is 1.00. The van der Waals surface area contributed by atoms with E-state index >= 15 is 0 Å². The van der Waals surface area contributed by atoms with Crippen LogP contribution in [0.1, 0.15) is 123 Å². The van der Waals surface area contributed by atoms with E-state index in [1.54, 1.807) is 18.2 Å². The summed E-state index contributed by atoms with van der Waals surface area (Å²) in [6, 6.07) is 14.4. The first-order valence-electron chi connectivity index (χ1n) is 21.6. The summed E-state index contributed by atoms with van der Waals surface area (Å²) >= 11 is 0. The summed E-state index contributed by atoms with van der Waals surface area (Å²) in [4.78, 5) is 25.2. The molecule has 3 aromatic rings. The molecule has 57 heavy (non-hydrogen) atoms. The van der Waals surface area contributed by atoms with Crippen LogP contribution in [-0.4, -0.2) is 61.3 Å². The quantitative estimate of drug-likeness (QED) is 0.127. The highest BCUT2D eigenvalue weighted by Crippen LogP contribution is 2.68. The average molecular weight is 786 g/mol. The number of aliphatic carboxylic acids is 1. The van der Waals surface area contributed by atoms with E-state index in [9.17, 15) is 34.4 Å². The number of para-hydroxylation sites is 1. The number of carboxylic acids is 1. The molecule has 0 spiro atoms. The number of aromatic nitrogens is 1. The molecule has 4 N–H and O–H groups in total. The standard InChI is InChI=1S/C48H64FNO7/c1-28(2)50-41-9-7-6-8-37(41)46(30-11-14-32(49)15-12-30)42(50)20-16-33(51)25-35(26-44(54)55)57-45(56)21-10-29(3)38-18-19-39-36-17-13-31-24-34(52)22-23-47(31,4)40(36)27-43(53)48(38,39)5/h6-9,11-12,14-16,20,28-29,31,33-36,38-40,43,51-53H,10,13,17-19,21-27H2,1-5H3,(H,54,55)/t29-,31-,33+,34-,35+,36?,38-,39?,40?,43+,47+,48-/m1/s1. The van der Waals surface area contributed by atoms with Gasteiger partial charge in [0.25, 0.3) is 0 Å². The summed E-state index contributed by atoms with van der Waals surface area (Å²) < 4.78 is 21.9. The summed E-state index contributed by atoms with van der Waals surface area (Å²) in [6.45, 7) is 11.1. The normalized spacial score (nSPS) is 32.8. The molecule has 310 valence electrons. The van der Waals surface area contributed by atoms with Crippen LogP contribution >= 0.6 is 0 Å². The number of aliphatic hydroxyl groups is 3. The van der Waals surface area contributed by atoms with Crippen LogP contribution in [0.15, 0.2) is 54.6 Å². The third kappa shape index (κ3) is 7.97. The molecule has 2 aromatic carbocycles. The van der Waals surface area contributed by atoms with Crippen molar-refractivity contribution in [2.75, 3.05) is 0 Å². The molecule has 9 heteroatoms. The Morgan fingerprint density at radius 2 is 1.70 bits per heavy atom. The molecule has 4 aliphatic rings. The van der Waals surface area contributed by atoms with Gasteiger partial charge in [0.15, 0.2) is 0 Å². The number of aliphatic hydroxyl groups excluding tert-OH is 3. The van der Waals surface area contributed by atoms with Gasteiger partial charge in [-0.1, -0.05) is 57.2 Å². The smallest absolute Gasteiger partial charge is 0.307 e. The van der Waals surface area contributed by atoms with Crippen LogP contribution in [0.5, 0.6) is 0 Å². The number of hydrogen-bond donors (Lipinski definition) is 4. The highest BCUT2D eigenvalue weighted by atomic mass is 19.1. The number of carbonyl (C=O) groups excluding carboxylic acids is 1. The number of fused-ring (bicyclic) bond motifs is 6. The van der Waals surface area contributed by atoms with Crippen LogP contribution in [0, 0.1) is 52.2 Å². The van der Waals surface area contributed by atoms with Crippen molar-refractivity contribution < 1.29 is 39.1 Å². The fourth-order valence-corrected chi connectivity index (χ4v) is 12.8. The van der Waals surface area contributed by atoms with Crippen LogP contribution in [0.3, 0.4) is 0 Å². The Labute approximate surface area is 337 Å². The Bertz CT molecular complexity index is 1940. The third-order valence-electron chi connectivity index (χ3n) is 15.6. The molecule has 4 saturated carbocycles. The van der Waals surface area contributed by atoms with Crippen molar-refractivity contribution in [3.05, 3.63) is 66.1 Å². The number of ether oxygens (including phenoxy) is 1. The van der Waals surface area contributed by atoms with Gasteiger partial charge in [-0.25, -0.2) is 4.39 Å². The van der Waals surface area contributed by atoms with Gasteiger partial charge in [0.05, 0.1) is 24.7 Å². The number of carboxylic acid groups (broad SMARTS) is 1. The molecule has 0 radical (unpaired) electrons. The first-order chi connectivity index (χ1) is 27.1. The highest BCUT2D eigenvalue weighted by Gasteiger charge is 2.63. The maximum atomic E-state index is 13.9. The molecule has 4 aliphatic carbocycles. The van der Waals surface area contributed by atoms with Crippen molar-refractivity contribution in [1.29, 1.82) is 0 Å². The Morgan fingerprint density at radius 3 is 2.42 bits per heavy atom. The van der Waals surface area contributed by atoms with Gasteiger partial charge in [-0.2, -0.15) is 0 Å². The molecule has 4 fully saturated rings. The van der Waals surface area contributed by atoms with Crippen molar-refractivity contribution in [3.63, 3.8) is 0 Å². The molecular weight excluding hydrogens is 722 g/mol. The van der Waals surface area contributed by atoms with Gasteiger partial charge < -0.3 is 29.7 Å². The highest BCUT2D eigenvalue weighted by molar-refractivity contribution is 6.01. The summed E-state index contributed by atoms with van der Waals surface area (Å²) in [5.74, 6) is 0.559. The zero-order valence-corrected chi connectivity index (χ0v) is 34.4. The van der Waals surface area contributed by atoms with E-state index in [4.69, 9.17) is 4.74 Å². The SMILES string of the molecule is CC(C)n1c(C=C[C@H](O)C[C@@H](CC(=O)O)OC(=O)CC[C@@H](C)[C@H]2CCC3C4CC[C@@H]5C[C@H](O)CC[C@]5(C)C4C[C@H](O)[C@@]32C)c(-c2ccc(F)cc2)c2ccccc21. The Kier molecular flexibility index (Phi) is 12.1. The third-order valence-corrected chi connectivity index (χ3v) is 15.6. The monoisotopic (exact) mass is 785 g/mol. The lowest BCUT2D eigenvalue weighted by Crippen LogP contribution is -2.58. The molecule has 1 heterocycles. The minimum absolute atomic E-state index is 0.0656. The number of carbonyl (C=O) groups is 2. The Morgan fingerprint density at radius 1 is 0.965 bits per heavy atom. The number of esters is 1. The summed E-state index contributed by atoms with van der Waals surface area (Å²) in [5, 5.41) is 44.3. The molecule has 8 nitrogen and oxygen atoms in total. The van der Waals surface area contributed by atoms with Crippen LogP contribution in [0.25, 0.3) is 28.1 Å². The second kappa shape index (κ2) is 16.6. The topological polar surface area (TPSA) is 129 Å². The second-order valence-corrected chi connectivity index (χ2v) is 19.0. The molecule has 0 saturated heterocycles. The lowest BCUT2D eigenvalue weighted by molar-refractivity contribution is -0.175. The second-order valence-electron chi connectivity index (χ2n) is 19.0. The van der Waals surface area contributed by atoms with Gasteiger partial charge >= 0.3 is 11.9 Å². The Hall–Kier alpha value is -3.53. The molecule has 1 aromatic heterocycles. The van der Waals surface area contributed by atoms with E-state index < -0.39 is 36.7 Å². The van der Waals surface area contributed by atoms with Crippen molar-refractivity contribution in [2.45, 2.75) is 142 Å². The maximum Gasteiger partial charge on any atom is 0.307 e. The molecule has 0 amide bonds. The van der Waals surface area contributed by atoms with Crippen molar-refractivity contribution in [3.8, 4) is 11.1 Å². The minimum atomic E-state index is -1.11. The van der Waals surface area contributed by atoms with Crippen LogP contribution in [0.4, 0.5) is 4.39 Å². The first kappa shape index (κ1) is 41.6. The number of halogens is 1. The number of rotatable bonds is 13. The zero-order chi connectivity index (χ0) is 40.8. The summed E-state index contributed by atoms with van der Waals surface area (Å²) in [5.41, 5.74) is 3.52. The molecule has 12 atom stereocenters. The number of hydrogen-bond acceptors (Lipinski definition) is 6. The number of benzene rings is 2. The van der Waals surface area contributed by atoms with Crippen molar-refractivity contribution in [2.24, 2.45) is 46.3 Å². The van der Waals surface area contributed by atoms with Gasteiger partial charge in [0, 0.05) is 41.0 Å². The van der Waals surface area contributed by atoms with Crippen molar-refractivity contribution >= 4 is 28.9 Å². The summed E-state index contributed by atoms with van der Waals surface area (Å²) in [7, 11) is 0. The lowest BCUT2D eigenvalue weighted by Gasteiger charge is -2.62. The van der Waals surface area contributed by atoms with Crippen molar-refractivity contribution in [1.82, 2.24) is 4.57 Å². The van der Waals surface area contributed by atoms with Gasteiger partial charge in [-0.05, 0) is 148 Å². The van der Waals surface area contributed by atoms with E-state index in [1.807, 2.05) is 30.3 Å². The molecule has 7 rings (SSSR count). The minimum Gasteiger partial charge on any atom is -0.481 e. The average Bonchev–Trinajstić information content (AvgIpc) is 3.70. The predicted molar refractivity (Wildman–Crippen MR) is 221 cm³/mol. The van der Waals surface area contributed by atoms with Gasteiger partial charge in [0.1, 0.15) is 11.9 Å². The maximum absolute atomic E-state index is 13.9. The van der Waals surface area contributed by atoms with Crippen LogP contribution < -0.4 is 0 Å². The van der Waals surface area contributed by atoms with E-state index in [0.717, 1.165) is 72.7 Å². The largest absolute Gasteiger partial charge is 0.481 e. The fraction of sp³-hybridized carbons (Fsp3) is 0.625. The van der Waals surface area contributed by atoms with Gasteiger partial charge in [-0.15, -0.1) is 0 Å². The predicted octanol–water partition coefficient (Wildman–Crippen LogP) is 9.59. The molecule has 3 unspecified atom stereocenters. The molecule has 0 bridgehead atoms. The number of nitrogens with zero attached hydrogens (tertiary/aromatic N) is 1. The molecule has 0 aliphatic heterocycles. The van der Waals surface area contributed by atoms with Gasteiger partial charge in [-0.3, -0.25) is 9.59 Å². The van der Waals surface area contributed by atoms with E-state index in [0.29, 0.717) is 30.1 Å². The zero-order valence-electron chi connectivity index (χ0n) is 34.4. The molecular formula is C48H64FNO7. The van der Waals surface area contributed by atoms with E-state index in [2.05, 4.69) is 39.2 Å². The van der Waals surface area contributed by atoms with E-state index in [-0.39, 0.29) is 53.5 Å². The lowest BCUT2D eigenvalue weighted by atomic mass is 9.43. The van der Waals surface area contributed by atoms with Gasteiger partial charge in [0.2, 0.25) is 0 Å².